The van der Waals surface area contributed by atoms with Gasteiger partial charge < -0.3 is 39.8 Å². The molecule has 0 aliphatic carbocycles. The summed E-state index contributed by atoms with van der Waals surface area (Å²) in [5.41, 5.74) is -2.29. The minimum absolute atomic E-state index is 0.0285. The van der Waals surface area contributed by atoms with E-state index in [1.54, 1.807) is 97.1 Å². The van der Waals surface area contributed by atoms with E-state index in [9.17, 15) is 19.8 Å². The van der Waals surface area contributed by atoms with Gasteiger partial charge >= 0.3 is 11.8 Å². The molecular weight excluding hydrogens is 660 g/mol. The smallest absolute Gasteiger partial charge is 0.309 e. The molecule has 10 heteroatoms. The van der Waals surface area contributed by atoms with Crippen LogP contribution in [-0.4, -0.2) is 62.6 Å². The zero-order chi connectivity index (χ0) is 38.1. The van der Waals surface area contributed by atoms with Gasteiger partial charge in [-0.05, 0) is 48.9 Å². The van der Waals surface area contributed by atoms with Crippen molar-refractivity contribution in [1.82, 2.24) is 10.6 Å². The lowest BCUT2D eigenvalue weighted by Crippen LogP contribution is -2.58. The van der Waals surface area contributed by atoms with Gasteiger partial charge in [0, 0.05) is 22.3 Å². The van der Waals surface area contributed by atoms with Crippen LogP contribution in [0.2, 0.25) is 0 Å². The molecule has 0 saturated heterocycles. The summed E-state index contributed by atoms with van der Waals surface area (Å²) in [6, 6.07) is 26.0. The molecule has 2 atom stereocenters. The number of carbonyl (C=O) groups excluding carboxylic acids is 2. The molecule has 4 aromatic carbocycles. The van der Waals surface area contributed by atoms with E-state index in [1.165, 1.54) is 28.4 Å². The highest BCUT2D eigenvalue weighted by molar-refractivity contribution is 6.35. The Kier molecular flexibility index (Phi) is 13.3. The second-order valence-corrected chi connectivity index (χ2v) is 13.6. The van der Waals surface area contributed by atoms with Gasteiger partial charge in [0.25, 0.3) is 0 Å². The molecule has 2 amide bonds. The van der Waals surface area contributed by atoms with E-state index in [1.807, 2.05) is 27.7 Å². The molecule has 4 rings (SSSR count). The maximum Gasteiger partial charge on any atom is 0.309 e. The summed E-state index contributed by atoms with van der Waals surface area (Å²) in [6.07, 6.45) is 0.542. The van der Waals surface area contributed by atoms with E-state index in [2.05, 4.69) is 10.6 Å². The van der Waals surface area contributed by atoms with Gasteiger partial charge in [-0.2, -0.15) is 0 Å². The topological polar surface area (TPSA) is 136 Å². The summed E-state index contributed by atoms with van der Waals surface area (Å²) in [7, 11) is 6.02. The Morgan fingerprint density at radius 2 is 0.731 bits per heavy atom. The number of hydrogen-bond donors (Lipinski definition) is 4. The van der Waals surface area contributed by atoms with Gasteiger partial charge in [-0.15, -0.1) is 0 Å². The molecule has 0 heterocycles. The number of aliphatic hydroxyl groups is 2. The van der Waals surface area contributed by atoms with Crippen molar-refractivity contribution in [3.05, 3.63) is 119 Å². The van der Waals surface area contributed by atoms with Gasteiger partial charge in [-0.3, -0.25) is 9.59 Å². The predicted molar refractivity (Wildman–Crippen MR) is 201 cm³/mol. The second-order valence-electron chi connectivity index (χ2n) is 13.6. The van der Waals surface area contributed by atoms with Crippen LogP contribution in [0.15, 0.2) is 97.1 Å². The number of hydrogen-bond acceptors (Lipinski definition) is 8. The van der Waals surface area contributed by atoms with Gasteiger partial charge in [0.15, 0.2) is 0 Å². The summed E-state index contributed by atoms with van der Waals surface area (Å²) >= 11 is 0. The Bertz CT molecular complexity index is 1580. The molecule has 0 bridgehead atoms. The van der Waals surface area contributed by atoms with Crippen molar-refractivity contribution in [2.24, 2.45) is 11.8 Å². The zero-order valence-electron chi connectivity index (χ0n) is 31.3. The SMILES string of the molecule is COc1ccccc1C(O)(c1ccccc1OC)[C@@H](CC(C)C)NC(=O)C(=O)N[C@H](CC(C)C)C(O)(c1ccccc1OC)c1ccccc1OC. The lowest BCUT2D eigenvalue weighted by molar-refractivity contribution is -0.142. The van der Waals surface area contributed by atoms with Gasteiger partial charge in [0.2, 0.25) is 0 Å². The first-order chi connectivity index (χ1) is 24.9. The minimum atomic E-state index is -1.91. The monoisotopic (exact) mass is 712 g/mol. The van der Waals surface area contributed by atoms with Gasteiger partial charge in [0.05, 0.1) is 40.5 Å². The normalized spacial score (nSPS) is 12.9. The Labute approximate surface area is 307 Å². The Hall–Kier alpha value is -5.06. The number of nitrogens with one attached hydrogen (secondary N) is 2. The Balaban J connectivity index is 1.84. The fourth-order valence-electron chi connectivity index (χ4n) is 6.94. The number of benzene rings is 4. The largest absolute Gasteiger partial charge is 0.496 e. The molecule has 4 N–H and O–H groups in total. The average Bonchev–Trinajstić information content (AvgIpc) is 3.16. The molecule has 0 spiro atoms. The maximum absolute atomic E-state index is 14.2. The highest BCUT2D eigenvalue weighted by Gasteiger charge is 2.48. The van der Waals surface area contributed by atoms with Gasteiger partial charge in [-0.25, -0.2) is 0 Å². The third-order valence-electron chi connectivity index (χ3n) is 9.31. The molecule has 0 fully saturated rings. The molecule has 0 aromatic heterocycles. The lowest BCUT2D eigenvalue weighted by atomic mass is 9.76. The van der Waals surface area contributed by atoms with E-state index in [0.717, 1.165) is 0 Å². The minimum Gasteiger partial charge on any atom is -0.496 e. The molecule has 52 heavy (non-hydrogen) atoms. The third-order valence-corrected chi connectivity index (χ3v) is 9.31. The molecule has 0 unspecified atom stereocenters. The van der Waals surface area contributed by atoms with Crippen molar-refractivity contribution in [3.63, 3.8) is 0 Å². The van der Waals surface area contributed by atoms with Crippen LogP contribution in [0.1, 0.15) is 62.8 Å². The van der Waals surface area contributed by atoms with Crippen LogP contribution >= 0.6 is 0 Å². The number of methoxy groups -OCH3 is 4. The first-order valence-corrected chi connectivity index (χ1v) is 17.5. The van der Waals surface area contributed by atoms with Crippen molar-refractivity contribution >= 4 is 11.8 Å². The highest BCUT2D eigenvalue weighted by atomic mass is 16.5. The van der Waals surface area contributed by atoms with E-state index in [4.69, 9.17) is 18.9 Å². The molecule has 278 valence electrons. The predicted octanol–water partition coefficient (Wildman–Crippen LogP) is 5.95. The maximum atomic E-state index is 14.2. The molecule has 0 aliphatic heterocycles. The van der Waals surface area contributed by atoms with E-state index in [-0.39, 0.29) is 24.7 Å². The van der Waals surface area contributed by atoms with Crippen molar-refractivity contribution in [2.75, 3.05) is 28.4 Å². The van der Waals surface area contributed by atoms with Crippen LogP contribution in [0.5, 0.6) is 23.0 Å². The van der Waals surface area contributed by atoms with E-state index < -0.39 is 35.1 Å². The molecular formula is C42H52N2O8. The molecule has 0 saturated carbocycles. The summed E-state index contributed by atoms with van der Waals surface area (Å²) in [5, 5.41) is 31.7. The average molecular weight is 713 g/mol. The Morgan fingerprint density at radius 3 is 0.942 bits per heavy atom. The first-order valence-electron chi connectivity index (χ1n) is 17.5. The standard InChI is InChI=1S/C42H52N2O8/c1-27(2)25-37(41(47,29-17-9-13-21-33(29)49-5)30-18-10-14-22-34(30)50-6)43-39(45)40(46)44-38(26-28(3)4)42(48,31-19-11-15-23-35(31)51-7)32-20-12-16-24-36(32)52-8/h9-24,27-28,37-38,47-48H,25-26H2,1-8H3,(H,43,45)(H,44,46)/t37-,38-/m1/s1. The van der Waals surface area contributed by atoms with Crippen molar-refractivity contribution in [2.45, 2.75) is 63.8 Å². The van der Waals surface area contributed by atoms with Crippen LogP contribution in [0.4, 0.5) is 0 Å². The zero-order valence-corrected chi connectivity index (χ0v) is 31.3. The second kappa shape index (κ2) is 17.4. The number of para-hydroxylation sites is 4. The molecule has 0 radical (unpaired) electrons. The number of ether oxygens (including phenoxy) is 4. The fourth-order valence-corrected chi connectivity index (χ4v) is 6.94. The van der Waals surface area contributed by atoms with E-state index in [0.29, 0.717) is 45.3 Å². The third kappa shape index (κ3) is 8.19. The van der Waals surface area contributed by atoms with E-state index >= 15 is 0 Å². The fraction of sp³-hybridized carbons (Fsp3) is 0.381. The van der Waals surface area contributed by atoms with Crippen LogP contribution < -0.4 is 29.6 Å². The summed E-state index contributed by atoms with van der Waals surface area (Å²) in [5.74, 6) is -0.496. The molecule has 10 nitrogen and oxygen atoms in total. The van der Waals surface area contributed by atoms with Crippen molar-refractivity contribution in [3.8, 4) is 23.0 Å². The first kappa shape index (κ1) is 39.7. The van der Waals surface area contributed by atoms with Crippen LogP contribution in [0, 0.1) is 11.8 Å². The quantitative estimate of drug-likeness (QED) is 0.105. The van der Waals surface area contributed by atoms with Gasteiger partial charge in [-0.1, -0.05) is 100 Å². The highest BCUT2D eigenvalue weighted by Crippen LogP contribution is 2.45. The lowest BCUT2D eigenvalue weighted by Gasteiger charge is -2.41. The summed E-state index contributed by atoms with van der Waals surface area (Å²) in [6.45, 7) is 7.85. The van der Waals surface area contributed by atoms with Crippen LogP contribution in [0.3, 0.4) is 0 Å². The van der Waals surface area contributed by atoms with Crippen molar-refractivity contribution < 1.29 is 38.7 Å². The molecule has 0 aliphatic rings. The van der Waals surface area contributed by atoms with Crippen LogP contribution in [0.25, 0.3) is 0 Å². The number of carbonyl (C=O) groups is 2. The van der Waals surface area contributed by atoms with Crippen molar-refractivity contribution in [1.29, 1.82) is 0 Å². The van der Waals surface area contributed by atoms with Gasteiger partial charge in [0.1, 0.15) is 34.2 Å². The summed E-state index contributed by atoms with van der Waals surface area (Å²) in [4.78, 5) is 28.4. The number of rotatable bonds is 16. The molecule has 4 aromatic rings. The Morgan fingerprint density at radius 1 is 0.500 bits per heavy atom. The summed E-state index contributed by atoms with van der Waals surface area (Å²) < 4.78 is 22.8. The number of amides is 2. The van der Waals surface area contributed by atoms with Crippen LogP contribution in [-0.2, 0) is 20.8 Å².